The average molecular weight is 327 g/mol. The summed E-state index contributed by atoms with van der Waals surface area (Å²) in [5.41, 5.74) is 1.30. The first kappa shape index (κ1) is 16.0. The fraction of sp³-hybridized carbons (Fsp3) is 0.353. The summed E-state index contributed by atoms with van der Waals surface area (Å²) in [5.74, 6) is 0.900. The van der Waals surface area contributed by atoms with E-state index >= 15 is 0 Å². The van der Waals surface area contributed by atoms with Crippen molar-refractivity contribution in [2.24, 2.45) is 5.92 Å². The normalized spacial score (nSPS) is 14.8. The van der Waals surface area contributed by atoms with Gasteiger partial charge in [0.25, 0.3) is 5.91 Å². The van der Waals surface area contributed by atoms with Gasteiger partial charge < -0.3 is 10.6 Å². The van der Waals surface area contributed by atoms with Crippen LogP contribution < -0.4 is 16.0 Å². The van der Waals surface area contributed by atoms with Gasteiger partial charge in [0.2, 0.25) is 0 Å². The van der Waals surface area contributed by atoms with Crippen molar-refractivity contribution < 1.29 is 9.59 Å². The lowest BCUT2D eigenvalue weighted by Crippen LogP contribution is -2.37. The van der Waals surface area contributed by atoms with Gasteiger partial charge in [0.15, 0.2) is 5.82 Å². The molecule has 0 aliphatic heterocycles. The molecule has 1 fully saturated rings. The fourth-order valence-corrected chi connectivity index (χ4v) is 2.54. The minimum Gasteiger partial charge on any atom is -0.355 e. The molecule has 0 unspecified atom stereocenters. The minimum absolute atomic E-state index is 0.157. The van der Waals surface area contributed by atoms with Crippen LogP contribution in [0.3, 0.4) is 0 Å². The number of urea groups is 1. The first-order valence-electron chi connectivity index (χ1n) is 8.02. The van der Waals surface area contributed by atoms with E-state index in [1.54, 1.807) is 42.2 Å². The van der Waals surface area contributed by atoms with Crippen LogP contribution in [-0.4, -0.2) is 34.8 Å². The van der Waals surface area contributed by atoms with Crippen LogP contribution in [0.2, 0.25) is 0 Å². The summed E-state index contributed by atoms with van der Waals surface area (Å²) in [5, 5.41) is 12.6. The highest BCUT2D eigenvalue weighted by Crippen LogP contribution is 2.32. The molecule has 3 N–H and O–H groups in total. The molecule has 0 spiro atoms. The molecule has 0 radical (unpaired) electrons. The summed E-state index contributed by atoms with van der Waals surface area (Å²) in [6.07, 6.45) is 4.10. The molecule has 126 valence electrons. The number of aromatic nitrogens is 2. The lowest BCUT2D eigenvalue weighted by atomic mass is 10.2. The standard InChI is InChI=1S/C17H21N5O2/c1-11(12-6-7-12)19-17(24)20-15-8-9-22(21-15)14-5-3-4-13(10-14)16(23)18-2/h3-5,8-12H,6-7H2,1-2H3,(H,18,23)(H2,19,20,21,24)/t11-/m0/s1. The molecule has 3 rings (SSSR count). The van der Waals surface area contributed by atoms with Crippen LogP contribution >= 0.6 is 0 Å². The molecule has 7 heteroatoms. The summed E-state index contributed by atoms with van der Waals surface area (Å²) in [4.78, 5) is 23.7. The van der Waals surface area contributed by atoms with Gasteiger partial charge in [-0.05, 0) is 43.9 Å². The average Bonchev–Trinajstić information content (AvgIpc) is 3.34. The fourth-order valence-electron chi connectivity index (χ4n) is 2.54. The Labute approximate surface area is 140 Å². The van der Waals surface area contributed by atoms with Crippen LogP contribution in [0.1, 0.15) is 30.1 Å². The maximum atomic E-state index is 12.0. The number of hydrogen-bond donors (Lipinski definition) is 3. The van der Waals surface area contributed by atoms with E-state index in [0.717, 1.165) is 5.69 Å². The monoisotopic (exact) mass is 327 g/mol. The zero-order valence-electron chi connectivity index (χ0n) is 13.7. The predicted molar refractivity (Wildman–Crippen MR) is 91.3 cm³/mol. The zero-order chi connectivity index (χ0) is 17.1. The molecule has 7 nitrogen and oxygen atoms in total. The third-order valence-corrected chi connectivity index (χ3v) is 4.12. The Kier molecular flexibility index (Phi) is 4.50. The van der Waals surface area contributed by atoms with Gasteiger partial charge in [0.1, 0.15) is 0 Å². The van der Waals surface area contributed by atoms with Crippen LogP contribution in [-0.2, 0) is 0 Å². The third kappa shape index (κ3) is 3.73. The van der Waals surface area contributed by atoms with Crippen molar-refractivity contribution in [3.63, 3.8) is 0 Å². The number of hydrogen-bond acceptors (Lipinski definition) is 3. The summed E-state index contributed by atoms with van der Waals surface area (Å²) in [6.45, 7) is 2.01. The maximum absolute atomic E-state index is 12.0. The molecule has 24 heavy (non-hydrogen) atoms. The number of carbonyl (C=O) groups excluding carboxylic acids is 2. The van der Waals surface area contributed by atoms with Crippen molar-refractivity contribution >= 4 is 17.8 Å². The van der Waals surface area contributed by atoms with Crippen LogP contribution in [0.25, 0.3) is 5.69 Å². The molecular weight excluding hydrogens is 306 g/mol. The number of nitrogens with zero attached hydrogens (tertiary/aromatic N) is 2. The Morgan fingerprint density at radius 2 is 2.08 bits per heavy atom. The molecule has 1 atom stereocenters. The lowest BCUT2D eigenvalue weighted by Gasteiger charge is -2.12. The van der Waals surface area contributed by atoms with Gasteiger partial charge >= 0.3 is 6.03 Å². The van der Waals surface area contributed by atoms with E-state index in [9.17, 15) is 9.59 Å². The van der Waals surface area contributed by atoms with Crippen LogP contribution in [0.15, 0.2) is 36.5 Å². The highest BCUT2D eigenvalue weighted by molar-refractivity contribution is 5.94. The van der Waals surface area contributed by atoms with Crippen molar-refractivity contribution in [1.82, 2.24) is 20.4 Å². The smallest absolute Gasteiger partial charge is 0.320 e. The minimum atomic E-state index is -0.251. The second-order valence-electron chi connectivity index (χ2n) is 6.00. The molecule has 3 amide bonds. The van der Waals surface area contributed by atoms with E-state index in [-0.39, 0.29) is 18.0 Å². The van der Waals surface area contributed by atoms with Crippen molar-refractivity contribution in [3.8, 4) is 5.69 Å². The number of rotatable bonds is 5. The van der Waals surface area contributed by atoms with Crippen molar-refractivity contribution in [2.45, 2.75) is 25.8 Å². The number of nitrogens with one attached hydrogen (secondary N) is 3. The number of anilines is 1. The van der Waals surface area contributed by atoms with Crippen LogP contribution in [0, 0.1) is 5.92 Å². The number of carbonyl (C=O) groups is 2. The Bertz CT molecular complexity index is 751. The van der Waals surface area contributed by atoms with Gasteiger partial charge in [-0.2, -0.15) is 0 Å². The lowest BCUT2D eigenvalue weighted by molar-refractivity contribution is 0.0963. The van der Waals surface area contributed by atoms with E-state index in [2.05, 4.69) is 21.0 Å². The molecule has 1 saturated carbocycles. The van der Waals surface area contributed by atoms with Crippen LogP contribution in [0.5, 0.6) is 0 Å². The van der Waals surface area contributed by atoms with Crippen molar-refractivity contribution in [1.29, 1.82) is 0 Å². The first-order valence-corrected chi connectivity index (χ1v) is 8.02. The Hall–Kier alpha value is -2.83. The molecule has 1 aliphatic carbocycles. The summed E-state index contributed by atoms with van der Waals surface area (Å²) in [6, 6.07) is 8.75. The van der Waals surface area contributed by atoms with E-state index < -0.39 is 0 Å². The van der Waals surface area contributed by atoms with Gasteiger partial charge in [-0.25, -0.2) is 9.48 Å². The van der Waals surface area contributed by atoms with Gasteiger partial charge in [-0.3, -0.25) is 10.1 Å². The molecule has 1 aliphatic rings. The molecule has 0 bridgehead atoms. The summed E-state index contributed by atoms with van der Waals surface area (Å²) >= 11 is 0. The maximum Gasteiger partial charge on any atom is 0.320 e. The van der Waals surface area contributed by atoms with E-state index in [0.29, 0.717) is 17.3 Å². The van der Waals surface area contributed by atoms with Crippen molar-refractivity contribution in [3.05, 3.63) is 42.1 Å². The van der Waals surface area contributed by atoms with Gasteiger partial charge in [0.05, 0.1) is 5.69 Å². The zero-order valence-corrected chi connectivity index (χ0v) is 13.7. The molecule has 1 aromatic carbocycles. The second-order valence-corrected chi connectivity index (χ2v) is 6.00. The van der Waals surface area contributed by atoms with Crippen molar-refractivity contribution in [2.75, 3.05) is 12.4 Å². The van der Waals surface area contributed by atoms with E-state index in [1.165, 1.54) is 12.8 Å². The number of amides is 3. The Morgan fingerprint density at radius 1 is 1.29 bits per heavy atom. The SMILES string of the molecule is CNC(=O)c1cccc(-n2ccc(NC(=O)N[C@@H](C)C3CC3)n2)c1. The first-order chi connectivity index (χ1) is 11.6. The second kappa shape index (κ2) is 6.74. The highest BCUT2D eigenvalue weighted by atomic mass is 16.2. The summed E-state index contributed by atoms with van der Waals surface area (Å²) < 4.78 is 1.62. The molecule has 1 heterocycles. The quantitative estimate of drug-likeness (QED) is 0.786. The molecule has 2 aromatic rings. The topological polar surface area (TPSA) is 88.0 Å². The van der Waals surface area contributed by atoms with Gasteiger partial charge in [0, 0.05) is 30.9 Å². The largest absolute Gasteiger partial charge is 0.355 e. The molecule has 1 aromatic heterocycles. The summed E-state index contributed by atoms with van der Waals surface area (Å²) in [7, 11) is 1.59. The molecule has 0 saturated heterocycles. The van der Waals surface area contributed by atoms with E-state index in [1.807, 2.05) is 13.0 Å². The predicted octanol–water partition coefficient (Wildman–Crippen LogP) is 2.15. The third-order valence-electron chi connectivity index (χ3n) is 4.12. The van der Waals surface area contributed by atoms with Crippen LogP contribution in [0.4, 0.5) is 10.6 Å². The highest BCUT2D eigenvalue weighted by Gasteiger charge is 2.28. The van der Waals surface area contributed by atoms with Gasteiger partial charge in [-0.15, -0.1) is 5.10 Å². The Morgan fingerprint density at radius 3 is 2.79 bits per heavy atom. The Balaban J connectivity index is 1.66. The number of benzene rings is 1. The van der Waals surface area contributed by atoms with E-state index in [4.69, 9.17) is 0 Å². The molecular formula is C17H21N5O2. The van der Waals surface area contributed by atoms with Gasteiger partial charge in [-0.1, -0.05) is 6.07 Å².